The van der Waals surface area contributed by atoms with Gasteiger partial charge in [-0.05, 0) is 35.4 Å². The van der Waals surface area contributed by atoms with E-state index in [1.165, 1.54) is 25.4 Å². The maximum atomic E-state index is 12.5. The number of benzene rings is 1. The molecule has 1 heterocycles. The molecule has 1 amide bonds. The number of esters is 1. The van der Waals surface area contributed by atoms with Crippen LogP contribution in [0.5, 0.6) is 5.75 Å². The molecule has 0 bridgehead atoms. The van der Waals surface area contributed by atoms with E-state index in [4.69, 9.17) is 16.3 Å². The smallest absolute Gasteiger partial charge is 0.332 e. The fourth-order valence-electron chi connectivity index (χ4n) is 2.97. The van der Waals surface area contributed by atoms with Crippen LogP contribution in [0.2, 0.25) is 5.02 Å². The Hall–Kier alpha value is -2.60. The van der Waals surface area contributed by atoms with Crippen LogP contribution in [0.4, 0.5) is 0 Å². The van der Waals surface area contributed by atoms with Gasteiger partial charge in [0.05, 0.1) is 7.11 Å². The fourth-order valence-corrected chi connectivity index (χ4v) is 3.17. The SMILES string of the molecule is COC(=O)C1(NC(=O)c2ncccc2O)Cc2ccc(Cl)cc2C1. The van der Waals surface area contributed by atoms with Crippen LogP contribution < -0.4 is 5.32 Å². The summed E-state index contributed by atoms with van der Waals surface area (Å²) in [5, 5.41) is 13.0. The Kier molecular flexibility index (Phi) is 4.15. The van der Waals surface area contributed by atoms with Crippen molar-refractivity contribution in [3.8, 4) is 5.75 Å². The number of carbonyl (C=O) groups is 2. The first kappa shape index (κ1) is 16.3. The van der Waals surface area contributed by atoms with Gasteiger partial charge in [0.1, 0.15) is 11.3 Å². The second-order valence-corrected chi connectivity index (χ2v) is 6.10. The molecule has 7 heteroatoms. The Morgan fingerprint density at radius 1 is 1.29 bits per heavy atom. The average Bonchev–Trinajstić information content (AvgIpc) is 2.92. The first-order chi connectivity index (χ1) is 11.4. The van der Waals surface area contributed by atoms with Crippen molar-refractivity contribution in [2.24, 2.45) is 0 Å². The number of rotatable bonds is 3. The third-order valence-corrected chi connectivity index (χ3v) is 4.32. The molecule has 0 spiro atoms. The molecule has 6 nitrogen and oxygen atoms in total. The summed E-state index contributed by atoms with van der Waals surface area (Å²) in [6.45, 7) is 0. The van der Waals surface area contributed by atoms with E-state index in [9.17, 15) is 14.7 Å². The normalized spacial score (nSPS) is 18.8. The van der Waals surface area contributed by atoms with Gasteiger partial charge in [0.2, 0.25) is 0 Å². The zero-order valence-corrected chi connectivity index (χ0v) is 13.6. The topological polar surface area (TPSA) is 88.5 Å². The summed E-state index contributed by atoms with van der Waals surface area (Å²) in [6, 6.07) is 8.20. The van der Waals surface area contributed by atoms with Gasteiger partial charge in [-0.2, -0.15) is 0 Å². The molecule has 0 fully saturated rings. The molecule has 1 atom stereocenters. The summed E-state index contributed by atoms with van der Waals surface area (Å²) >= 11 is 6.01. The number of methoxy groups -OCH3 is 1. The molecule has 3 rings (SSSR count). The largest absolute Gasteiger partial charge is 0.505 e. The zero-order valence-electron chi connectivity index (χ0n) is 12.9. The van der Waals surface area contributed by atoms with Gasteiger partial charge in [-0.25, -0.2) is 9.78 Å². The number of halogens is 1. The highest BCUT2D eigenvalue weighted by Gasteiger charge is 2.46. The summed E-state index contributed by atoms with van der Waals surface area (Å²) < 4.78 is 4.90. The highest BCUT2D eigenvalue weighted by molar-refractivity contribution is 6.30. The molecule has 1 aromatic heterocycles. The van der Waals surface area contributed by atoms with Gasteiger partial charge in [-0.15, -0.1) is 0 Å². The van der Waals surface area contributed by atoms with Crippen LogP contribution in [0.15, 0.2) is 36.5 Å². The first-order valence-corrected chi connectivity index (χ1v) is 7.65. The molecule has 2 N–H and O–H groups in total. The van der Waals surface area contributed by atoms with E-state index in [1.807, 2.05) is 6.07 Å². The van der Waals surface area contributed by atoms with Gasteiger partial charge in [0.25, 0.3) is 5.91 Å². The fraction of sp³-hybridized carbons (Fsp3) is 0.235. The maximum absolute atomic E-state index is 12.5. The number of hydrogen-bond acceptors (Lipinski definition) is 5. The molecule has 1 aromatic carbocycles. The molecule has 0 saturated carbocycles. The van der Waals surface area contributed by atoms with Gasteiger partial charge in [-0.3, -0.25) is 4.79 Å². The van der Waals surface area contributed by atoms with Crippen molar-refractivity contribution in [3.63, 3.8) is 0 Å². The minimum absolute atomic E-state index is 0.144. The van der Waals surface area contributed by atoms with Crippen molar-refractivity contribution < 1.29 is 19.4 Å². The number of aromatic hydroxyl groups is 1. The number of amides is 1. The number of carbonyl (C=O) groups excluding carboxylic acids is 2. The minimum Gasteiger partial charge on any atom is -0.505 e. The van der Waals surface area contributed by atoms with Crippen LogP contribution in [0.3, 0.4) is 0 Å². The van der Waals surface area contributed by atoms with Crippen LogP contribution in [0, 0.1) is 0 Å². The lowest BCUT2D eigenvalue weighted by Crippen LogP contribution is -2.56. The van der Waals surface area contributed by atoms with Gasteiger partial charge in [0, 0.05) is 24.1 Å². The van der Waals surface area contributed by atoms with E-state index in [-0.39, 0.29) is 24.3 Å². The maximum Gasteiger partial charge on any atom is 0.332 e. The van der Waals surface area contributed by atoms with Gasteiger partial charge < -0.3 is 15.2 Å². The number of nitrogens with zero attached hydrogens (tertiary/aromatic N) is 1. The number of fused-ring (bicyclic) bond motifs is 1. The molecule has 1 aliphatic carbocycles. The quantitative estimate of drug-likeness (QED) is 0.828. The van der Waals surface area contributed by atoms with E-state index in [0.717, 1.165) is 11.1 Å². The zero-order chi connectivity index (χ0) is 17.3. The van der Waals surface area contributed by atoms with Gasteiger partial charge >= 0.3 is 5.97 Å². The Bertz CT molecular complexity index is 824. The monoisotopic (exact) mass is 346 g/mol. The predicted octanol–water partition coefficient (Wildman–Crippen LogP) is 1.88. The van der Waals surface area contributed by atoms with E-state index in [1.54, 1.807) is 12.1 Å². The Labute approximate surface area is 143 Å². The average molecular weight is 347 g/mol. The van der Waals surface area contributed by atoms with Gasteiger partial charge in [0.15, 0.2) is 5.69 Å². The van der Waals surface area contributed by atoms with Crippen LogP contribution in [-0.4, -0.2) is 34.6 Å². The van der Waals surface area contributed by atoms with E-state index < -0.39 is 17.4 Å². The van der Waals surface area contributed by atoms with E-state index in [0.29, 0.717) is 5.02 Å². The molecular weight excluding hydrogens is 332 g/mol. The molecule has 0 saturated heterocycles. The van der Waals surface area contributed by atoms with Crippen LogP contribution in [0.25, 0.3) is 0 Å². The molecule has 1 aliphatic rings. The second-order valence-electron chi connectivity index (χ2n) is 5.67. The highest BCUT2D eigenvalue weighted by Crippen LogP contribution is 2.33. The number of hydrogen-bond donors (Lipinski definition) is 2. The third-order valence-electron chi connectivity index (χ3n) is 4.08. The molecule has 0 aliphatic heterocycles. The predicted molar refractivity (Wildman–Crippen MR) is 87.0 cm³/mol. The van der Waals surface area contributed by atoms with Crippen molar-refractivity contribution in [2.75, 3.05) is 7.11 Å². The van der Waals surface area contributed by atoms with Gasteiger partial charge in [-0.1, -0.05) is 17.7 Å². The molecular formula is C17H15ClN2O4. The summed E-state index contributed by atoms with van der Waals surface area (Å²) in [4.78, 5) is 28.8. The van der Waals surface area contributed by atoms with Crippen molar-refractivity contribution in [2.45, 2.75) is 18.4 Å². The van der Waals surface area contributed by atoms with Crippen molar-refractivity contribution in [1.82, 2.24) is 10.3 Å². The van der Waals surface area contributed by atoms with Crippen molar-refractivity contribution in [3.05, 3.63) is 58.4 Å². The number of pyridine rings is 1. The summed E-state index contributed by atoms with van der Waals surface area (Å²) in [5.74, 6) is -1.45. The third kappa shape index (κ3) is 2.80. The summed E-state index contributed by atoms with van der Waals surface area (Å²) in [6.07, 6.45) is 1.93. The Morgan fingerprint density at radius 3 is 2.75 bits per heavy atom. The summed E-state index contributed by atoms with van der Waals surface area (Å²) in [7, 11) is 1.27. The van der Waals surface area contributed by atoms with Crippen LogP contribution >= 0.6 is 11.6 Å². The van der Waals surface area contributed by atoms with Crippen molar-refractivity contribution >= 4 is 23.5 Å². The molecule has 2 aromatic rings. The van der Waals surface area contributed by atoms with Crippen molar-refractivity contribution in [1.29, 1.82) is 0 Å². The number of aromatic nitrogens is 1. The molecule has 24 heavy (non-hydrogen) atoms. The lowest BCUT2D eigenvalue weighted by atomic mass is 9.95. The van der Waals surface area contributed by atoms with Crippen LogP contribution in [0.1, 0.15) is 21.6 Å². The van der Waals surface area contributed by atoms with E-state index >= 15 is 0 Å². The lowest BCUT2D eigenvalue weighted by Gasteiger charge is -2.27. The second kappa shape index (κ2) is 6.13. The summed E-state index contributed by atoms with van der Waals surface area (Å²) in [5.41, 5.74) is 0.395. The first-order valence-electron chi connectivity index (χ1n) is 7.27. The molecule has 0 radical (unpaired) electrons. The minimum atomic E-state index is -1.25. The standard InChI is InChI=1S/C17H15ClN2O4/c1-24-16(23)17(8-10-4-5-12(18)7-11(10)9-17)20-15(22)14-13(21)3-2-6-19-14/h2-7,21H,8-9H2,1H3,(H,20,22). The number of ether oxygens (including phenoxy) is 1. The Morgan fingerprint density at radius 2 is 2.04 bits per heavy atom. The van der Waals surface area contributed by atoms with Crippen LogP contribution in [-0.2, 0) is 22.4 Å². The molecule has 1 unspecified atom stereocenters. The lowest BCUT2D eigenvalue weighted by molar-refractivity contribution is -0.147. The Balaban J connectivity index is 1.93. The number of nitrogens with one attached hydrogen (secondary N) is 1. The van der Waals surface area contributed by atoms with E-state index in [2.05, 4.69) is 10.3 Å². The highest BCUT2D eigenvalue weighted by atomic mass is 35.5. The molecule has 124 valence electrons.